The maximum Gasteiger partial charge on any atom is 0.251 e. The van der Waals surface area contributed by atoms with Crippen LogP contribution in [-0.2, 0) is 6.54 Å². The first-order valence-electron chi connectivity index (χ1n) is 7.75. The summed E-state index contributed by atoms with van der Waals surface area (Å²) in [5.41, 5.74) is 1.16. The van der Waals surface area contributed by atoms with Gasteiger partial charge in [-0.25, -0.2) is 14.4 Å². The first-order valence-corrected chi connectivity index (χ1v) is 7.75. The Labute approximate surface area is 134 Å². The van der Waals surface area contributed by atoms with Crippen LogP contribution in [0.1, 0.15) is 34.7 Å². The van der Waals surface area contributed by atoms with Crippen LogP contribution < -0.4 is 10.2 Å². The fourth-order valence-corrected chi connectivity index (χ4v) is 2.69. The van der Waals surface area contributed by atoms with Crippen LogP contribution in [0.15, 0.2) is 30.3 Å². The average molecular weight is 314 g/mol. The van der Waals surface area contributed by atoms with E-state index in [1.54, 1.807) is 6.07 Å². The van der Waals surface area contributed by atoms with Gasteiger partial charge in [0.15, 0.2) is 0 Å². The molecule has 0 atom stereocenters. The van der Waals surface area contributed by atoms with Gasteiger partial charge in [-0.15, -0.1) is 0 Å². The Bertz CT molecular complexity index is 713. The highest BCUT2D eigenvalue weighted by molar-refractivity contribution is 5.94. The Morgan fingerprint density at radius 1 is 1.26 bits per heavy atom. The molecule has 0 spiro atoms. The summed E-state index contributed by atoms with van der Waals surface area (Å²) in [6.07, 6.45) is 2.35. The van der Waals surface area contributed by atoms with Crippen molar-refractivity contribution in [1.29, 1.82) is 0 Å². The monoisotopic (exact) mass is 314 g/mol. The molecule has 2 aromatic rings. The summed E-state index contributed by atoms with van der Waals surface area (Å²) in [7, 11) is 0. The second-order valence-corrected chi connectivity index (χ2v) is 5.67. The van der Waals surface area contributed by atoms with Gasteiger partial charge in [0.1, 0.15) is 17.5 Å². The molecular weight excluding hydrogens is 295 g/mol. The molecule has 0 aliphatic carbocycles. The SMILES string of the molecule is Cc1cc(N2CCCC2)nc(CNC(=O)c2cccc(F)c2)n1. The highest BCUT2D eigenvalue weighted by Gasteiger charge is 2.15. The fourth-order valence-electron chi connectivity index (χ4n) is 2.69. The molecule has 6 heteroatoms. The normalized spacial score (nSPS) is 14.1. The van der Waals surface area contributed by atoms with E-state index in [0.29, 0.717) is 5.82 Å². The molecule has 5 nitrogen and oxygen atoms in total. The van der Waals surface area contributed by atoms with E-state index >= 15 is 0 Å². The van der Waals surface area contributed by atoms with Gasteiger partial charge in [0.25, 0.3) is 5.91 Å². The molecule has 2 heterocycles. The minimum atomic E-state index is -0.430. The first kappa shape index (κ1) is 15.4. The molecule has 3 rings (SSSR count). The molecule has 0 saturated carbocycles. The number of hydrogen-bond acceptors (Lipinski definition) is 4. The number of anilines is 1. The molecule has 1 fully saturated rings. The number of halogens is 1. The highest BCUT2D eigenvalue weighted by Crippen LogP contribution is 2.18. The number of carbonyl (C=O) groups excluding carboxylic acids is 1. The lowest BCUT2D eigenvalue weighted by Crippen LogP contribution is -2.25. The van der Waals surface area contributed by atoms with Crippen LogP contribution in [0.2, 0.25) is 0 Å². The quantitative estimate of drug-likeness (QED) is 0.942. The maximum atomic E-state index is 13.2. The van der Waals surface area contributed by atoms with Crippen LogP contribution in [0.4, 0.5) is 10.2 Å². The largest absolute Gasteiger partial charge is 0.357 e. The molecule has 1 aliphatic rings. The van der Waals surface area contributed by atoms with Gasteiger partial charge in [-0.2, -0.15) is 0 Å². The zero-order chi connectivity index (χ0) is 16.2. The zero-order valence-electron chi connectivity index (χ0n) is 13.1. The molecule has 23 heavy (non-hydrogen) atoms. The van der Waals surface area contributed by atoms with Crippen molar-refractivity contribution in [3.05, 3.63) is 53.2 Å². The lowest BCUT2D eigenvalue weighted by molar-refractivity contribution is 0.0949. The van der Waals surface area contributed by atoms with Crippen molar-refractivity contribution in [2.75, 3.05) is 18.0 Å². The molecule has 1 aliphatic heterocycles. The van der Waals surface area contributed by atoms with E-state index in [4.69, 9.17) is 0 Å². The first-order chi connectivity index (χ1) is 11.1. The minimum Gasteiger partial charge on any atom is -0.357 e. The fraction of sp³-hybridized carbons (Fsp3) is 0.353. The Balaban J connectivity index is 1.69. The molecule has 120 valence electrons. The van der Waals surface area contributed by atoms with E-state index in [0.717, 1.165) is 24.6 Å². The lowest BCUT2D eigenvalue weighted by Gasteiger charge is -2.17. The van der Waals surface area contributed by atoms with E-state index in [1.807, 2.05) is 13.0 Å². The van der Waals surface area contributed by atoms with E-state index in [-0.39, 0.29) is 18.0 Å². The average Bonchev–Trinajstić information content (AvgIpc) is 3.06. The van der Waals surface area contributed by atoms with Crippen molar-refractivity contribution < 1.29 is 9.18 Å². The van der Waals surface area contributed by atoms with Gasteiger partial charge in [-0.3, -0.25) is 4.79 Å². The summed E-state index contributed by atoms with van der Waals surface area (Å²) in [4.78, 5) is 23.2. The number of rotatable bonds is 4. The molecule has 1 saturated heterocycles. The van der Waals surface area contributed by atoms with Crippen molar-refractivity contribution in [3.63, 3.8) is 0 Å². The van der Waals surface area contributed by atoms with Crippen LogP contribution in [0.5, 0.6) is 0 Å². The third kappa shape index (κ3) is 3.83. The molecule has 1 aromatic carbocycles. The summed E-state index contributed by atoms with van der Waals surface area (Å²) >= 11 is 0. The smallest absolute Gasteiger partial charge is 0.251 e. The van der Waals surface area contributed by atoms with Crippen LogP contribution in [0.25, 0.3) is 0 Å². The lowest BCUT2D eigenvalue weighted by atomic mass is 10.2. The minimum absolute atomic E-state index is 0.220. The summed E-state index contributed by atoms with van der Waals surface area (Å²) in [6, 6.07) is 7.57. The Morgan fingerprint density at radius 2 is 2.04 bits per heavy atom. The highest BCUT2D eigenvalue weighted by atomic mass is 19.1. The van der Waals surface area contributed by atoms with Crippen molar-refractivity contribution >= 4 is 11.7 Å². The summed E-state index contributed by atoms with van der Waals surface area (Å²) in [5, 5.41) is 2.74. The molecule has 0 unspecified atom stereocenters. The van der Waals surface area contributed by atoms with Gasteiger partial charge in [0, 0.05) is 30.4 Å². The Hall–Kier alpha value is -2.50. The van der Waals surface area contributed by atoms with Crippen molar-refractivity contribution in [1.82, 2.24) is 15.3 Å². The van der Waals surface area contributed by atoms with E-state index < -0.39 is 5.82 Å². The molecular formula is C17H19FN4O. The van der Waals surface area contributed by atoms with Crippen LogP contribution >= 0.6 is 0 Å². The number of aromatic nitrogens is 2. The second kappa shape index (κ2) is 6.73. The Morgan fingerprint density at radius 3 is 2.78 bits per heavy atom. The standard InChI is InChI=1S/C17H19FN4O/c1-12-9-16(22-7-2-3-8-22)21-15(20-12)11-19-17(23)13-5-4-6-14(18)10-13/h4-6,9-10H,2-3,7-8,11H2,1H3,(H,19,23). The number of nitrogens with zero attached hydrogens (tertiary/aromatic N) is 3. The molecule has 1 aromatic heterocycles. The predicted octanol–water partition coefficient (Wildman–Crippen LogP) is 2.45. The van der Waals surface area contributed by atoms with Crippen molar-refractivity contribution in [2.45, 2.75) is 26.3 Å². The van der Waals surface area contributed by atoms with Crippen LogP contribution in [-0.4, -0.2) is 29.0 Å². The topological polar surface area (TPSA) is 58.1 Å². The van der Waals surface area contributed by atoms with E-state index in [2.05, 4.69) is 20.2 Å². The van der Waals surface area contributed by atoms with Crippen molar-refractivity contribution in [2.24, 2.45) is 0 Å². The van der Waals surface area contributed by atoms with Gasteiger partial charge in [0.05, 0.1) is 6.54 Å². The Kier molecular flexibility index (Phi) is 4.50. The van der Waals surface area contributed by atoms with Crippen molar-refractivity contribution in [3.8, 4) is 0 Å². The number of benzene rings is 1. The third-order valence-corrected chi connectivity index (χ3v) is 3.81. The summed E-state index contributed by atoms with van der Waals surface area (Å²) < 4.78 is 13.2. The molecule has 0 bridgehead atoms. The number of amides is 1. The van der Waals surface area contributed by atoms with E-state index in [9.17, 15) is 9.18 Å². The maximum absolute atomic E-state index is 13.2. The number of hydrogen-bond donors (Lipinski definition) is 1. The van der Waals surface area contributed by atoms with Crippen LogP contribution in [0, 0.1) is 12.7 Å². The predicted molar refractivity (Wildman–Crippen MR) is 85.8 cm³/mol. The van der Waals surface area contributed by atoms with E-state index in [1.165, 1.54) is 31.0 Å². The number of aryl methyl sites for hydroxylation is 1. The number of carbonyl (C=O) groups is 1. The molecule has 1 N–H and O–H groups in total. The van der Waals surface area contributed by atoms with Crippen LogP contribution in [0.3, 0.4) is 0 Å². The van der Waals surface area contributed by atoms with Gasteiger partial charge >= 0.3 is 0 Å². The van der Waals surface area contributed by atoms with Gasteiger partial charge in [-0.1, -0.05) is 6.07 Å². The third-order valence-electron chi connectivity index (χ3n) is 3.81. The van der Waals surface area contributed by atoms with Gasteiger partial charge in [-0.05, 0) is 38.0 Å². The number of nitrogens with one attached hydrogen (secondary N) is 1. The van der Waals surface area contributed by atoms with Gasteiger partial charge in [0.2, 0.25) is 0 Å². The summed E-state index contributed by atoms with van der Waals surface area (Å²) in [6.45, 7) is 4.15. The molecule has 1 amide bonds. The zero-order valence-corrected chi connectivity index (χ0v) is 13.1. The van der Waals surface area contributed by atoms with Gasteiger partial charge < -0.3 is 10.2 Å². The second-order valence-electron chi connectivity index (χ2n) is 5.67. The molecule has 0 radical (unpaired) electrons. The summed E-state index contributed by atoms with van der Waals surface area (Å²) in [5.74, 6) is 0.708.